The number of nitrogens with two attached hydrogens (primary N) is 1. The zero-order valence-electron chi connectivity index (χ0n) is 10.8. The lowest BCUT2D eigenvalue weighted by Crippen LogP contribution is -1.97. The van der Waals surface area contributed by atoms with Crippen molar-refractivity contribution in [2.75, 3.05) is 13.2 Å². The molecule has 0 radical (unpaired) electrons. The summed E-state index contributed by atoms with van der Waals surface area (Å²) in [7, 11) is 0. The Morgan fingerprint density at radius 3 is 2.74 bits per heavy atom. The maximum Gasteiger partial charge on any atom is 0.208 e. The lowest BCUT2D eigenvalue weighted by Gasteiger charge is -2.08. The van der Waals surface area contributed by atoms with Crippen LogP contribution in [0.5, 0.6) is 11.5 Å². The van der Waals surface area contributed by atoms with Crippen molar-refractivity contribution in [3.8, 4) is 22.8 Å². The maximum absolute atomic E-state index is 5.68. The molecule has 0 saturated heterocycles. The number of aryl methyl sites for hydroxylation is 1. The Morgan fingerprint density at radius 2 is 2.00 bits per heavy atom. The number of rotatable bonds is 2. The number of hydrogen-bond donors (Lipinski definition) is 1. The Balaban J connectivity index is 2.01. The Kier molecular flexibility index (Phi) is 3.13. The highest BCUT2D eigenvalue weighted by molar-refractivity contribution is 5.65. The van der Waals surface area contributed by atoms with Crippen LogP contribution in [0.4, 0.5) is 0 Å². The van der Waals surface area contributed by atoms with Crippen LogP contribution in [-0.2, 0) is 6.54 Å². The van der Waals surface area contributed by atoms with Crippen LogP contribution in [0.3, 0.4) is 0 Å². The third-order valence-electron chi connectivity index (χ3n) is 3.04. The highest BCUT2D eigenvalue weighted by Gasteiger charge is 2.15. The number of fused-ring (bicyclic) bond motifs is 1. The number of nitrogens with zero attached hydrogens (tertiary/aromatic N) is 1. The third kappa shape index (κ3) is 2.29. The van der Waals surface area contributed by atoms with Gasteiger partial charge in [-0.25, -0.2) is 4.98 Å². The van der Waals surface area contributed by atoms with Gasteiger partial charge in [0.25, 0.3) is 0 Å². The second kappa shape index (κ2) is 4.93. The van der Waals surface area contributed by atoms with Gasteiger partial charge in [0.05, 0.1) is 19.8 Å². The predicted octanol–water partition coefficient (Wildman–Crippen LogP) is 2.27. The fraction of sp³-hybridized carbons (Fsp3) is 0.357. The highest BCUT2D eigenvalue weighted by Crippen LogP contribution is 2.34. The lowest BCUT2D eigenvalue weighted by atomic mass is 10.1. The Bertz CT molecular complexity index is 592. The van der Waals surface area contributed by atoms with E-state index in [0.717, 1.165) is 34.9 Å². The monoisotopic (exact) mass is 260 g/mol. The molecule has 0 fully saturated rings. The fourth-order valence-electron chi connectivity index (χ4n) is 2.12. The number of ether oxygens (including phenoxy) is 2. The van der Waals surface area contributed by atoms with E-state index in [1.54, 1.807) is 0 Å². The van der Waals surface area contributed by atoms with Crippen LogP contribution >= 0.6 is 0 Å². The molecule has 0 unspecified atom stereocenters. The molecule has 5 heteroatoms. The van der Waals surface area contributed by atoms with E-state index in [1.165, 1.54) is 0 Å². The van der Waals surface area contributed by atoms with E-state index >= 15 is 0 Å². The van der Waals surface area contributed by atoms with Crippen molar-refractivity contribution in [2.24, 2.45) is 5.73 Å². The molecule has 0 aliphatic carbocycles. The van der Waals surface area contributed by atoms with E-state index < -0.39 is 0 Å². The first-order valence-electron chi connectivity index (χ1n) is 6.34. The second-order valence-electron chi connectivity index (χ2n) is 4.43. The standard InChI is InChI=1S/C14H16N2O3/c1-9-14(16-13(8-15)19-9)10-3-4-11-12(7-10)18-6-2-5-17-11/h3-4,7H,2,5-6,8,15H2,1H3. The van der Waals surface area contributed by atoms with Crippen molar-refractivity contribution in [1.82, 2.24) is 4.98 Å². The SMILES string of the molecule is Cc1oc(CN)nc1-c1ccc2c(c1)OCCCO2. The molecule has 2 aromatic rings. The van der Waals surface area contributed by atoms with E-state index in [9.17, 15) is 0 Å². The molecule has 1 aliphatic heterocycles. The van der Waals surface area contributed by atoms with Gasteiger partial charge in [0.1, 0.15) is 11.5 Å². The summed E-state index contributed by atoms with van der Waals surface area (Å²) < 4.78 is 16.8. The molecule has 1 aliphatic rings. The van der Waals surface area contributed by atoms with Crippen molar-refractivity contribution >= 4 is 0 Å². The maximum atomic E-state index is 5.68. The smallest absolute Gasteiger partial charge is 0.208 e. The zero-order chi connectivity index (χ0) is 13.2. The zero-order valence-corrected chi connectivity index (χ0v) is 10.8. The summed E-state index contributed by atoms with van der Waals surface area (Å²) in [5, 5.41) is 0. The molecule has 1 aromatic carbocycles. The van der Waals surface area contributed by atoms with E-state index in [-0.39, 0.29) is 0 Å². The summed E-state index contributed by atoms with van der Waals surface area (Å²) in [6.07, 6.45) is 0.893. The molecule has 1 aromatic heterocycles. The molecule has 0 bridgehead atoms. The predicted molar refractivity (Wildman–Crippen MR) is 70.2 cm³/mol. The van der Waals surface area contributed by atoms with Crippen LogP contribution in [0.1, 0.15) is 18.1 Å². The minimum Gasteiger partial charge on any atom is -0.490 e. The molecular weight excluding hydrogens is 244 g/mol. The molecule has 2 N–H and O–H groups in total. The van der Waals surface area contributed by atoms with Gasteiger partial charge in [0.2, 0.25) is 5.89 Å². The molecule has 0 atom stereocenters. The lowest BCUT2D eigenvalue weighted by molar-refractivity contribution is 0.297. The molecule has 5 nitrogen and oxygen atoms in total. The van der Waals surface area contributed by atoms with Gasteiger partial charge in [-0.1, -0.05) is 0 Å². The summed E-state index contributed by atoms with van der Waals surface area (Å²) in [5.41, 5.74) is 7.29. The van der Waals surface area contributed by atoms with E-state index in [1.807, 2.05) is 25.1 Å². The van der Waals surface area contributed by atoms with Gasteiger partial charge in [-0.05, 0) is 25.1 Å². The van der Waals surface area contributed by atoms with Crippen LogP contribution in [0.15, 0.2) is 22.6 Å². The highest BCUT2D eigenvalue weighted by atomic mass is 16.5. The Morgan fingerprint density at radius 1 is 1.21 bits per heavy atom. The summed E-state index contributed by atoms with van der Waals surface area (Å²) in [6, 6.07) is 5.80. The fourth-order valence-corrected chi connectivity index (χ4v) is 2.12. The van der Waals surface area contributed by atoms with Gasteiger partial charge < -0.3 is 19.6 Å². The van der Waals surface area contributed by atoms with E-state index in [0.29, 0.717) is 25.6 Å². The van der Waals surface area contributed by atoms with Gasteiger partial charge in [0.15, 0.2) is 11.5 Å². The molecule has 0 saturated carbocycles. The summed E-state index contributed by atoms with van der Waals surface area (Å²) >= 11 is 0. The average Bonchev–Trinajstić information content (AvgIpc) is 2.66. The first-order chi connectivity index (χ1) is 9.28. The van der Waals surface area contributed by atoms with Gasteiger partial charge in [0, 0.05) is 12.0 Å². The number of benzene rings is 1. The van der Waals surface area contributed by atoms with Gasteiger partial charge >= 0.3 is 0 Å². The van der Waals surface area contributed by atoms with Crippen LogP contribution in [0.25, 0.3) is 11.3 Å². The number of aromatic nitrogens is 1. The molecule has 100 valence electrons. The molecule has 0 amide bonds. The summed E-state index contributed by atoms with van der Waals surface area (Å²) in [5.74, 6) is 2.84. The largest absolute Gasteiger partial charge is 0.490 e. The minimum absolute atomic E-state index is 0.297. The van der Waals surface area contributed by atoms with Crippen LogP contribution < -0.4 is 15.2 Å². The molecule has 2 heterocycles. The van der Waals surface area contributed by atoms with Gasteiger partial charge in [-0.2, -0.15) is 0 Å². The van der Waals surface area contributed by atoms with Crippen molar-refractivity contribution in [3.05, 3.63) is 29.9 Å². The van der Waals surface area contributed by atoms with Crippen molar-refractivity contribution < 1.29 is 13.9 Å². The van der Waals surface area contributed by atoms with Crippen molar-refractivity contribution in [2.45, 2.75) is 19.9 Å². The van der Waals surface area contributed by atoms with Gasteiger partial charge in [-0.3, -0.25) is 0 Å². The first kappa shape index (κ1) is 12.0. The van der Waals surface area contributed by atoms with Crippen molar-refractivity contribution in [1.29, 1.82) is 0 Å². The van der Waals surface area contributed by atoms with Crippen LogP contribution in [0.2, 0.25) is 0 Å². The normalized spacial score (nSPS) is 14.2. The Labute approximate surface area is 111 Å². The summed E-state index contributed by atoms with van der Waals surface area (Å²) in [6.45, 7) is 3.53. The van der Waals surface area contributed by atoms with E-state index in [4.69, 9.17) is 19.6 Å². The molecular formula is C14H16N2O3. The summed E-state index contributed by atoms with van der Waals surface area (Å²) in [4.78, 5) is 4.38. The molecule has 19 heavy (non-hydrogen) atoms. The van der Waals surface area contributed by atoms with E-state index in [2.05, 4.69) is 4.98 Å². The quantitative estimate of drug-likeness (QED) is 0.896. The third-order valence-corrected chi connectivity index (χ3v) is 3.04. The second-order valence-corrected chi connectivity index (χ2v) is 4.43. The topological polar surface area (TPSA) is 70.5 Å². The van der Waals surface area contributed by atoms with Crippen LogP contribution in [0, 0.1) is 6.92 Å². The van der Waals surface area contributed by atoms with Gasteiger partial charge in [-0.15, -0.1) is 0 Å². The Hall–Kier alpha value is -2.01. The number of oxazole rings is 1. The average molecular weight is 260 g/mol. The first-order valence-corrected chi connectivity index (χ1v) is 6.34. The molecule has 3 rings (SSSR count). The van der Waals surface area contributed by atoms with Crippen molar-refractivity contribution in [3.63, 3.8) is 0 Å². The minimum atomic E-state index is 0.297. The number of hydrogen-bond acceptors (Lipinski definition) is 5. The van der Waals surface area contributed by atoms with Crippen LogP contribution in [-0.4, -0.2) is 18.2 Å². The molecule has 0 spiro atoms.